The molecule has 0 aromatic carbocycles. The first kappa shape index (κ1) is 18.7. The minimum atomic E-state index is 0.620. The monoisotopic (exact) mass is 400 g/mol. The summed E-state index contributed by atoms with van der Waals surface area (Å²) in [5, 5.41) is 1.16. The van der Waals surface area contributed by atoms with Crippen LogP contribution in [0.5, 0.6) is 0 Å². The van der Waals surface area contributed by atoms with Crippen LogP contribution in [0.3, 0.4) is 0 Å². The van der Waals surface area contributed by atoms with Gasteiger partial charge in [0.1, 0.15) is 17.3 Å². The molecule has 0 aliphatic carbocycles. The number of aryl methyl sites for hydroxylation is 1. The van der Waals surface area contributed by atoms with Crippen LogP contribution in [0.1, 0.15) is 28.2 Å². The van der Waals surface area contributed by atoms with Crippen molar-refractivity contribution in [2.75, 3.05) is 31.2 Å². The molecule has 0 saturated carbocycles. The van der Waals surface area contributed by atoms with Gasteiger partial charge in [-0.05, 0) is 41.8 Å². The van der Waals surface area contributed by atoms with E-state index in [-0.39, 0.29) is 0 Å². The molecule has 0 unspecified atom stereocenters. The van der Waals surface area contributed by atoms with Crippen LogP contribution in [-0.4, -0.2) is 51.2 Å². The summed E-state index contributed by atoms with van der Waals surface area (Å²) in [6, 6.07) is 8.30. The fraction of sp³-hybridized carbons (Fsp3) is 0.304. The molecule has 0 amide bonds. The highest BCUT2D eigenvalue weighted by Gasteiger charge is 2.13. The van der Waals surface area contributed by atoms with Gasteiger partial charge in [0, 0.05) is 49.7 Å². The molecule has 1 aliphatic heterocycles. The van der Waals surface area contributed by atoms with Crippen LogP contribution in [0.4, 0.5) is 5.82 Å². The lowest BCUT2D eigenvalue weighted by atomic mass is 10.1. The lowest BCUT2D eigenvalue weighted by molar-refractivity contribution is 0.122. The number of pyridine rings is 2. The van der Waals surface area contributed by atoms with Crippen molar-refractivity contribution in [3.63, 3.8) is 0 Å². The van der Waals surface area contributed by atoms with Crippen molar-refractivity contribution in [2.24, 2.45) is 0 Å². The molecule has 0 spiro atoms. The predicted octanol–water partition coefficient (Wildman–Crippen LogP) is 3.07. The maximum atomic E-state index is 5.43. The molecule has 0 bridgehead atoms. The molecule has 0 atom stereocenters. The van der Waals surface area contributed by atoms with Crippen LogP contribution >= 0.6 is 0 Å². The van der Waals surface area contributed by atoms with Gasteiger partial charge in [-0.15, -0.1) is 0 Å². The van der Waals surface area contributed by atoms with Gasteiger partial charge in [0.25, 0.3) is 0 Å². The molecule has 1 saturated heterocycles. The number of ether oxygens (including phenoxy) is 1. The number of anilines is 1. The number of fused-ring (bicyclic) bond motifs is 1. The second-order valence-corrected chi connectivity index (χ2v) is 7.67. The smallest absolute Gasteiger partial charge is 0.137 e. The Morgan fingerprint density at radius 1 is 1.03 bits per heavy atom. The molecule has 1 fully saturated rings. The molecule has 0 radical (unpaired) electrons. The summed E-state index contributed by atoms with van der Waals surface area (Å²) in [5.74, 6) is 1.78. The number of H-pyrrole nitrogens is 1. The largest absolute Gasteiger partial charge is 0.378 e. The molecular weight excluding hydrogens is 376 g/mol. The van der Waals surface area contributed by atoms with E-state index in [0.717, 1.165) is 72.2 Å². The van der Waals surface area contributed by atoms with Crippen LogP contribution in [0.25, 0.3) is 11.0 Å². The summed E-state index contributed by atoms with van der Waals surface area (Å²) in [6.07, 6.45) is 9.12. The molecule has 1 N–H and O–H groups in total. The minimum Gasteiger partial charge on any atom is -0.378 e. The van der Waals surface area contributed by atoms with Gasteiger partial charge in [0.05, 0.1) is 25.3 Å². The summed E-state index contributed by atoms with van der Waals surface area (Å²) in [4.78, 5) is 23.9. The third-order valence-corrected chi connectivity index (χ3v) is 5.37. The number of nitrogens with zero attached hydrogens (tertiary/aromatic N) is 5. The maximum Gasteiger partial charge on any atom is 0.137 e. The lowest BCUT2D eigenvalue weighted by Crippen LogP contribution is -2.36. The summed E-state index contributed by atoms with van der Waals surface area (Å²) < 4.78 is 5.43. The summed E-state index contributed by atoms with van der Waals surface area (Å²) in [6.45, 7) is 5.32. The molecule has 7 nitrogen and oxygen atoms in total. The standard InChI is InChI=1S/C23H24N6O/c1-16-9-20-18(15-27-23(20)26-12-16)10-17-13-24-21(25-14-17)11-19-3-2-4-22(28-19)29-5-7-30-8-6-29/h2-4,9,12-15H,5-8,10-11H2,1H3,(H,26,27). The van der Waals surface area contributed by atoms with Gasteiger partial charge in [-0.25, -0.2) is 19.9 Å². The van der Waals surface area contributed by atoms with Gasteiger partial charge >= 0.3 is 0 Å². The topological polar surface area (TPSA) is 79.8 Å². The minimum absolute atomic E-state index is 0.620. The molecule has 1 aliphatic rings. The average molecular weight is 400 g/mol. The zero-order chi connectivity index (χ0) is 20.3. The SMILES string of the molecule is Cc1cnc2[nH]cc(Cc3cnc(Cc4cccc(N5CCOCC5)n4)nc3)c2c1. The highest BCUT2D eigenvalue weighted by molar-refractivity contribution is 5.80. The van der Waals surface area contributed by atoms with Gasteiger partial charge in [0.15, 0.2) is 0 Å². The zero-order valence-electron chi connectivity index (χ0n) is 17.0. The number of hydrogen-bond acceptors (Lipinski definition) is 6. The Labute approximate surface area is 175 Å². The number of nitrogens with one attached hydrogen (secondary N) is 1. The van der Waals surface area contributed by atoms with E-state index < -0.39 is 0 Å². The number of aromatic amines is 1. The fourth-order valence-corrected chi connectivity index (χ4v) is 3.79. The Bertz CT molecular complexity index is 1150. The fourth-order valence-electron chi connectivity index (χ4n) is 3.79. The van der Waals surface area contributed by atoms with Gasteiger partial charge in [-0.1, -0.05) is 6.07 Å². The predicted molar refractivity (Wildman–Crippen MR) is 116 cm³/mol. The summed E-state index contributed by atoms with van der Waals surface area (Å²) in [5.41, 5.74) is 5.33. The number of hydrogen-bond donors (Lipinski definition) is 1. The quantitative estimate of drug-likeness (QED) is 0.555. The van der Waals surface area contributed by atoms with Crippen LogP contribution in [-0.2, 0) is 17.6 Å². The Kier molecular flexibility index (Phi) is 5.11. The van der Waals surface area contributed by atoms with Crippen molar-refractivity contribution < 1.29 is 4.74 Å². The summed E-state index contributed by atoms with van der Waals surface area (Å²) >= 11 is 0. The lowest BCUT2D eigenvalue weighted by Gasteiger charge is -2.28. The van der Waals surface area contributed by atoms with E-state index in [2.05, 4.69) is 50.0 Å². The van der Waals surface area contributed by atoms with Gasteiger partial charge in [0.2, 0.25) is 0 Å². The first-order valence-corrected chi connectivity index (χ1v) is 10.3. The molecule has 5 rings (SSSR count). The van der Waals surface area contributed by atoms with Crippen LogP contribution in [0.2, 0.25) is 0 Å². The first-order chi connectivity index (χ1) is 14.7. The Morgan fingerprint density at radius 3 is 2.70 bits per heavy atom. The normalized spacial score (nSPS) is 14.4. The van der Waals surface area contributed by atoms with Crippen molar-refractivity contribution in [2.45, 2.75) is 19.8 Å². The van der Waals surface area contributed by atoms with E-state index in [1.165, 1.54) is 5.56 Å². The van der Waals surface area contributed by atoms with Crippen LogP contribution < -0.4 is 4.90 Å². The zero-order valence-corrected chi connectivity index (χ0v) is 17.0. The number of aromatic nitrogens is 5. The molecule has 152 valence electrons. The van der Waals surface area contributed by atoms with Crippen LogP contribution in [0.15, 0.2) is 49.1 Å². The van der Waals surface area contributed by atoms with Crippen molar-refractivity contribution in [3.05, 3.63) is 77.3 Å². The maximum absolute atomic E-state index is 5.43. The van der Waals surface area contributed by atoms with E-state index in [1.54, 1.807) is 0 Å². The third kappa shape index (κ3) is 4.02. The second-order valence-electron chi connectivity index (χ2n) is 7.67. The number of morpholine rings is 1. The van der Waals surface area contributed by atoms with Crippen molar-refractivity contribution in [1.29, 1.82) is 0 Å². The van der Waals surface area contributed by atoms with Crippen molar-refractivity contribution in [3.8, 4) is 0 Å². The average Bonchev–Trinajstić information content (AvgIpc) is 3.18. The Balaban J connectivity index is 1.29. The van der Waals surface area contributed by atoms with E-state index in [1.807, 2.05) is 30.9 Å². The van der Waals surface area contributed by atoms with E-state index in [9.17, 15) is 0 Å². The third-order valence-electron chi connectivity index (χ3n) is 5.37. The van der Waals surface area contributed by atoms with Crippen molar-refractivity contribution in [1.82, 2.24) is 24.9 Å². The summed E-state index contributed by atoms with van der Waals surface area (Å²) in [7, 11) is 0. The molecular formula is C23H24N6O. The van der Waals surface area contributed by atoms with Gasteiger partial charge in [-0.3, -0.25) is 0 Å². The number of rotatable bonds is 5. The van der Waals surface area contributed by atoms with E-state index in [4.69, 9.17) is 9.72 Å². The molecule has 7 heteroatoms. The van der Waals surface area contributed by atoms with Crippen molar-refractivity contribution >= 4 is 16.9 Å². The second kappa shape index (κ2) is 8.20. The highest BCUT2D eigenvalue weighted by Crippen LogP contribution is 2.20. The van der Waals surface area contributed by atoms with Gasteiger partial charge in [-0.2, -0.15) is 0 Å². The van der Waals surface area contributed by atoms with E-state index >= 15 is 0 Å². The molecule has 5 heterocycles. The first-order valence-electron chi connectivity index (χ1n) is 10.3. The Morgan fingerprint density at radius 2 is 1.87 bits per heavy atom. The van der Waals surface area contributed by atoms with E-state index in [0.29, 0.717) is 6.42 Å². The molecule has 4 aromatic rings. The van der Waals surface area contributed by atoms with Crippen LogP contribution in [0, 0.1) is 6.92 Å². The highest BCUT2D eigenvalue weighted by atomic mass is 16.5. The van der Waals surface area contributed by atoms with Gasteiger partial charge < -0.3 is 14.6 Å². The Hall–Kier alpha value is -3.32. The molecule has 30 heavy (non-hydrogen) atoms. The molecule has 4 aromatic heterocycles.